The molecule has 1 unspecified atom stereocenters. The summed E-state index contributed by atoms with van der Waals surface area (Å²) < 4.78 is 0. The normalized spacial score (nSPS) is 16.0. The smallest absolute Gasteiger partial charge is 0.211 e. The van der Waals surface area contributed by atoms with Gasteiger partial charge >= 0.3 is 0 Å². The number of hydrogen-bond donors (Lipinski definition) is 0. The maximum atomic E-state index is 10.4. The molecule has 1 aliphatic rings. The van der Waals surface area contributed by atoms with Gasteiger partial charge in [-0.1, -0.05) is 6.07 Å². The van der Waals surface area contributed by atoms with Gasteiger partial charge < -0.3 is 0 Å². The van der Waals surface area contributed by atoms with E-state index in [-0.39, 0.29) is 0 Å². The van der Waals surface area contributed by atoms with Gasteiger partial charge in [-0.2, -0.15) is 15.0 Å². The number of hydrogen-bond acceptors (Lipinski definition) is 6. The van der Waals surface area contributed by atoms with Crippen molar-refractivity contribution in [3.63, 3.8) is 0 Å². The monoisotopic (exact) mass is 253 g/mol. The molecule has 0 fully saturated rings. The first-order valence-electron chi connectivity index (χ1n) is 5.36. The minimum Gasteiger partial charge on any atom is -0.211 e. The fourth-order valence-electron chi connectivity index (χ4n) is 1.97. The SMILES string of the molecule is O=C=NC1=CC(N=C=O)Cc2cc(N=C=O)ccc21. The van der Waals surface area contributed by atoms with Crippen LogP contribution >= 0.6 is 0 Å². The van der Waals surface area contributed by atoms with Gasteiger partial charge in [-0.25, -0.2) is 14.4 Å². The number of nitrogens with zero attached hydrogens (tertiary/aromatic N) is 3. The van der Waals surface area contributed by atoms with Gasteiger partial charge in [-0.05, 0) is 23.8 Å². The van der Waals surface area contributed by atoms with Crippen molar-refractivity contribution in [2.75, 3.05) is 0 Å². The van der Waals surface area contributed by atoms with E-state index >= 15 is 0 Å². The van der Waals surface area contributed by atoms with E-state index in [0.717, 1.165) is 11.1 Å². The van der Waals surface area contributed by atoms with Gasteiger partial charge in [0.15, 0.2) is 0 Å². The molecule has 0 heterocycles. The molecule has 0 aliphatic heterocycles. The van der Waals surface area contributed by atoms with Crippen LogP contribution in [0.3, 0.4) is 0 Å². The van der Waals surface area contributed by atoms with Crippen molar-refractivity contribution in [2.24, 2.45) is 15.0 Å². The quantitative estimate of drug-likeness (QED) is 0.605. The number of rotatable bonds is 3. The van der Waals surface area contributed by atoms with Crippen LogP contribution in [0.1, 0.15) is 11.1 Å². The van der Waals surface area contributed by atoms with Crippen LogP contribution in [0.5, 0.6) is 0 Å². The molecule has 6 nitrogen and oxygen atoms in total. The first-order chi connectivity index (χ1) is 9.28. The van der Waals surface area contributed by atoms with Crippen LogP contribution in [0.25, 0.3) is 5.70 Å². The maximum Gasteiger partial charge on any atom is 0.240 e. The van der Waals surface area contributed by atoms with Crippen molar-refractivity contribution in [2.45, 2.75) is 12.5 Å². The van der Waals surface area contributed by atoms with Crippen LogP contribution in [0.2, 0.25) is 0 Å². The number of fused-ring (bicyclic) bond motifs is 1. The highest BCUT2D eigenvalue weighted by atomic mass is 16.1. The highest BCUT2D eigenvalue weighted by molar-refractivity contribution is 5.75. The summed E-state index contributed by atoms with van der Waals surface area (Å²) in [7, 11) is 0. The minimum absolute atomic E-state index is 0.391. The van der Waals surface area contributed by atoms with Crippen molar-refractivity contribution >= 4 is 29.6 Å². The molecule has 0 saturated heterocycles. The van der Waals surface area contributed by atoms with Gasteiger partial charge in [-0.3, -0.25) is 0 Å². The Labute approximate surface area is 107 Å². The summed E-state index contributed by atoms with van der Waals surface area (Å²) in [6, 6.07) is 4.54. The zero-order chi connectivity index (χ0) is 13.7. The Morgan fingerprint density at radius 3 is 2.53 bits per heavy atom. The Hall–Kier alpha value is -2.90. The molecule has 0 N–H and O–H groups in total. The first-order valence-corrected chi connectivity index (χ1v) is 5.36. The third-order valence-corrected chi connectivity index (χ3v) is 2.70. The molecule has 19 heavy (non-hydrogen) atoms. The molecule has 0 bridgehead atoms. The van der Waals surface area contributed by atoms with E-state index in [9.17, 15) is 14.4 Å². The van der Waals surface area contributed by atoms with Crippen molar-refractivity contribution in [3.8, 4) is 0 Å². The van der Waals surface area contributed by atoms with Gasteiger partial charge in [0.2, 0.25) is 18.2 Å². The lowest BCUT2D eigenvalue weighted by Crippen LogP contribution is -2.12. The molecule has 0 spiro atoms. The van der Waals surface area contributed by atoms with Crippen molar-refractivity contribution in [1.29, 1.82) is 0 Å². The van der Waals surface area contributed by atoms with Crippen LogP contribution in [-0.2, 0) is 20.8 Å². The summed E-state index contributed by atoms with van der Waals surface area (Å²) in [5.41, 5.74) is 2.35. The summed E-state index contributed by atoms with van der Waals surface area (Å²) in [5, 5.41) is 0. The zero-order valence-corrected chi connectivity index (χ0v) is 9.66. The molecule has 0 radical (unpaired) electrons. The average molecular weight is 253 g/mol. The van der Waals surface area contributed by atoms with Crippen LogP contribution in [-0.4, -0.2) is 24.3 Å². The van der Waals surface area contributed by atoms with Crippen LogP contribution < -0.4 is 0 Å². The lowest BCUT2D eigenvalue weighted by Gasteiger charge is -2.18. The molecule has 0 aromatic heterocycles. The summed E-state index contributed by atoms with van der Waals surface area (Å²) in [6.07, 6.45) is 6.44. The predicted molar refractivity (Wildman–Crippen MR) is 65.9 cm³/mol. The third kappa shape index (κ3) is 2.68. The van der Waals surface area contributed by atoms with Crippen molar-refractivity contribution < 1.29 is 14.4 Å². The number of benzene rings is 1. The van der Waals surface area contributed by atoms with E-state index in [1.807, 2.05) is 0 Å². The molecule has 6 heteroatoms. The van der Waals surface area contributed by atoms with Gasteiger partial charge in [0, 0.05) is 12.0 Å². The van der Waals surface area contributed by atoms with Crippen molar-refractivity contribution in [3.05, 3.63) is 35.4 Å². The van der Waals surface area contributed by atoms with Crippen LogP contribution in [0.4, 0.5) is 5.69 Å². The Bertz CT molecular complexity index is 689. The minimum atomic E-state index is -0.437. The van der Waals surface area contributed by atoms with Crippen LogP contribution in [0.15, 0.2) is 39.3 Å². The molecule has 1 aromatic rings. The molecule has 0 amide bonds. The summed E-state index contributed by atoms with van der Waals surface area (Å²) in [6.45, 7) is 0. The standard InChI is InChI=1S/C13H7N3O3/c17-6-14-10-1-2-12-9(3-10)4-11(15-7-18)5-13(12)16-8-19/h1-3,5,11H,4H2. The van der Waals surface area contributed by atoms with Gasteiger partial charge in [0.25, 0.3) is 0 Å². The highest BCUT2D eigenvalue weighted by Gasteiger charge is 2.19. The second-order valence-corrected chi connectivity index (χ2v) is 3.79. The van der Waals surface area contributed by atoms with E-state index < -0.39 is 6.04 Å². The van der Waals surface area contributed by atoms with Crippen molar-refractivity contribution in [1.82, 2.24) is 0 Å². The van der Waals surface area contributed by atoms with E-state index in [2.05, 4.69) is 15.0 Å². The highest BCUT2D eigenvalue weighted by Crippen LogP contribution is 2.31. The number of carbonyl (C=O) groups excluding carboxylic acids is 3. The second-order valence-electron chi connectivity index (χ2n) is 3.79. The fourth-order valence-corrected chi connectivity index (χ4v) is 1.97. The topological polar surface area (TPSA) is 88.3 Å². The average Bonchev–Trinajstić information content (AvgIpc) is 2.39. The summed E-state index contributed by atoms with van der Waals surface area (Å²) in [5.74, 6) is 0. The van der Waals surface area contributed by atoms with Gasteiger partial charge in [0.05, 0.1) is 17.4 Å². The Morgan fingerprint density at radius 2 is 1.84 bits per heavy atom. The summed E-state index contributed by atoms with van der Waals surface area (Å²) in [4.78, 5) is 41.7. The molecular formula is C13H7N3O3. The first kappa shape index (κ1) is 12.6. The Kier molecular flexibility index (Phi) is 3.72. The predicted octanol–water partition coefficient (Wildman–Crippen LogP) is 1.59. The fraction of sp³-hybridized carbons (Fsp3) is 0.154. The second kappa shape index (κ2) is 5.63. The molecule has 2 rings (SSSR count). The lowest BCUT2D eigenvalue weighted by molar-refractivity contribution is 0.560. The Balaban J connectivity index is 2.55. The molecular weight excluding hydrogens is 246 g/mol. The van der Waals surface area contributed by atoms with E-state index in [1.54, 1.807) is 24.3 Å². The molecule has 1 atom stereocenters. The molecule has 1 aromatic carbocycles. The molecule has 0 saturated carbocycles. The maximum absolute atomic E-state index is 10.4. The number of aliphatic imine (C=N–C) groups is 3. The third-order valence-electron chi connectivity index (χ3n) is 2.70. The zero-order valence-electron chi connectivity index (χ0n) is 9.66. The molecule has 1 aliphatic carbocycles. The van der Waals surface area contributed by atoms with E-state index in [0.29, 0.717) is 17.8 Å². The number of isocyanates is 3. The van der Waals surface area contributed by atoms with E-state index in [1.165, 1.54) is 18.2 Å². The summed E-state index contributed by atoms with van der Waals surface area (Å²) >= 11 is 0. The van der Waals surface area contributed by atoms with Crippen LogP contribution in [0, 0.1) is 0 Å². The largest absolute Gasteiger partial charge is 0.240 e. The molecule has 92 valence electrons. The Morgan fingerprint density at radius 1 is 1.05 bits per heavy atom. The lowest BCUT2D eigenvalue weighted by atomic mass is 9.91. The van der Waals surface area contributed by atoms with Gasteiger partial charge in [-0.15, -0.1) is 0 Å². The van der Waals surface area contributed by atoms with E-state index in [4.69, 9.17) is 0 Å². The van der Waals surface area contributed by atoms with Gasteiger partial charge in [0.1, 0.15) is 0 Å².